The molecule has 0 aliphatic rings. The van der Waals surface area contributed by atoms with Gasteiger partial charge < -0.3 is 9.64 Å². The lowest BCUT2D eigenvalue weighted by Crippen LogP contribution is -2.09. The Balaban J connectivity index is 1.48. The lowest BCUT2D eigenvalue weighted by Gasteiger charge is -2.14. The highest BCUT2D eigenvalue weighted by Crippen LogP contribution is 2.18. The Morgan fingerprint density at radius 2 is 1.75 bits per heavy atom. The van der Waals surface area contributed by atoms with Gasteiger partial charge in [-0.05, 0) is 53.4 Å². The number of aromatic nitrogens is 1. The van der Waals surface area contributed by atoms with E-state index in [9.17, 15) is 4.79 Å². The van der Waals surface area contributed by atoms with Gasteiger partial charge in [-0.2, -0.15) is 0 Å². The molecule has 0 aliphatic heterocycles. The summed E-state index contributed by atoms with van der Waals surface area (Å²) < 4.78 is 5.88. The van der Waals surface area contributed by atoms with Crippen molar-refractivity contribution in [1.82, 2.24) is 4.98 Å². The van der Waals surface area contributed by atoms with Crippen molar-refractivity contribution >= 4 is 11.5 Å². The Hall–Kier alpha value is -3.14. The smallest absolute Gasteiger partial charge is 0.137 e. The van der Waals surface area contributed by atoms with Crippen molar-refractivity contribution < 1.29 is 9.53 Å². The first kappa shape index (κ1) is 19.6. The van der Waals surface area contributed by atoms with Crippen molar-refractivity contribution in [2.45, 2.75) is 25.9 Å². The molecule has 1 heterocycles. The van der Waals surface area contributed by atoms with Crippen LogP contribution < -0.4 is 9.64 Å². The van der Waals surface area contributed by atoms with Gasteiger partial charge in [-0.1, -0.05) is 30.3 Å². The molecular formula is C24H26N2O2. The molecule has 0 bridgehead atoms. The lowest BCUT2D eigenvalue weighted by atomic mass is 10.0. The molecule has 28 heavy (non-hydrogen) atoms. The summed E-state index contributed by atoms with van der Waals surface area (Å²) in [6.45, 7) is 0.519. The summed E-state index contributed by atoms with van der Waals surface area (Å²) in [5.74, 6) is 1.04. The van der Waals surface area contributed by atoms with E-state index < -0.39 is 0 Å². The zero-order chi connectivity index (χ0) is 19.8. The summed E-state index contributed by atoms with van der Waals surface area (Å²) in [4.78, 5) is 18.4. The Bertz CT molecular complexity index is 890. The van der Waals surface area contributed by atoms with Gasteiger partial charge >= 0.3 is 0 Å². The van der Waals surface area contributed by atoms with Crippen molar-refractivity contribution in [2.24, 2.45) is 0 Å². The van der Waals surface area contributed by atoms with E-state index in [4.69, 9.17) is 4.74 Å². The number of hydrogen-bond acceptors (Lipinski definition) is 4. The molecule has 0 saturated carbocycles. The van der Waals surface area contributed by atoms with Crippen molar-refractivity contribution in [3.05, 3.63) is 89.7 Å². The molecule has 0 aliphatic carbocycles. The maximum absolute atomic E-state index is 12.2. The normalized spacial score (nSPS) is 10.5. The molecule has 0 radical (unpaired) electrons. The van der Waals surface area contributed by atoms with Crippen molar-refractivity contribution in [3.8, 4) is 5.75 Å². The minimum absolute atomic E-state index is 0.234. The summed E-state index contributed by atoms with van der Waals surface area (Å²) in [5, 5.41) is 0. The van der Waals surface area contributed by atoms with Crippen LogP contribution in [-0.4, -0.2) is 24.9 Å². The van der Waals surface area contributed by atoms with Crippen LogP contribution in [0.4, 0.5) is 5.69 Å². The summed E-state index contributed by atoms with van der Waals surface area (Å²) in [6, 6.07) is 20.0. The summed E-state index contributed by atoms with van der Waals surface area (Å²) >= 11 is 0. The number of carbonyl (C=O) groups excluding carboxylic acids is 1. The number of pyridine rings is 1. The maximum Gasteiger partial charge on any atom is 0.137 e. The van der Waals surface area contributed by atoms with E-state index in [1.807, 2.05) is 62.8 Å². The molecule has 1 aromatic heterocycles. The van der Waals surface area contributed by atoms with E-state index in [-0.39, 0.29) is 5.78 Å². The molecule has 0 amide bonds. The number of nitrogens with zero attached hydrogens (tertiary/aromatic N) is 2. The van der Waals surface area contributed by atoms with Gasteiger partial charge in [0.2, 0.25) is 0 Å². The maximum atomic E-state index is 12.2. The van der Waals surface area contributed by atoms with Crippen LogP contribution in [0.5, 0.6) is 5.75 Å². The Morgan fingerprint density at radius 1 is 0.964 bits per heavy atom. The number of anilines is 1. The van der Waals surface area contributed by atoms with Gasteiger partial charge in [-0.25, -0.2) is 0 Å². The van der Waals surface area contributed by atoms with Crippen molar-refractivity contribution in [1.29, 1.82) is 0 Å². The zero-order valence-electron chi connectivity index (χ0n) is 16.5. The summed E-state index contributed by atoms with van der Waals surface area (Å²) in [5.41, 5.74) is 4.39. The second-order valence-corrected chi connectivity index (χ2v) is 7.07. The molecule has 144 valence electrons. The standard InChI is InChI=1S/C24H26N2O2/c1-26(2)22-7-3-5-21(15-22)18-28-24-12-9-19(10-13-24)16-23(27)11-8-20-6-4-14-25-17-20/h3-7,9-10,12-15,17H,8,11,16,18H2,1-2H3. The van der Waals surface area contributed by atoms with Crippen molar-refractivity contribution in [3.63, 3.8) is 0 Å². The topological polar surface area (TPSA) is 42.4 Å². The first-order valence-corrected chi connectivity index (χ1v) is 9.49. The van der Waals surface area contributed by atoms with Gasteiger partial charge in [0, 0.05) is 45.0 Å². The highest BCUT2D eigenvalue weighted by Gasteiger charge is 2.06. The van der Waals surface area contributed by atoms with E-state index in [1.165, 1.54) is 0 Å². The van der Waals surface area contributed by atoms with Gasteiger partial charge in [0.05, 0.1) is 0 Å². The molecule has 0 N–H and O–H groups in total. The molecule has 4 heteroatoms. The van der Waals surface area contributed by atoms with Crippen LogP contribution in [0.3, 0.4) is 0 Å². The van der Waals surface area contributed by atoms with Crippen LogP contribution in [0.2, 0.25) is 0 Å². The van der Waals surface area contributed by atoms with Crippen LogP contribution in [-0.2, 0) is 24.2 Å². The largest absolute Gasteiger partial charge is 0.489 e. The van der Waals surface area contributed by atoms with Gasteiger partial charge in [0.1, 0.15) is 18.1 Å². The first-order valence-electron chi connectivity index (χ1n) is 9.49. The van der Waals surface area contributed by atoms with E-state index in [1.54, 1.807) is 6.20 Å². The predicted molar refractivity (Wildman–Crippen MR) is 113 cm³/mol. The van der Waals surface area contributed by atoms with Gasteiger partial charge in [0.25, 0.3) is 0 Å². The number of carbonyl (C=O) groups is 1. The van der Waals surface area contributed by atoms with E-state index in [0.717, 1.165) is 34.5 Å². The average Bonchev–Trinajstić information content (AvgIpc) is 2.73. The number of ketones is 1. The average molecular weight is 374 g/mol. The van der Waals surface area contributed by atoms with Crippen LogP contribution in [0.1, 0.15) is 23.1 Å². The fourth-order valence-electron chi connectivity index (χ4n) is 2.94. The molecular weight excluding hydrogens is 348 g/mol. The summed E-state index contributed by atoms with van der Waals surface area (Å²) in [7, 11) is 4.05. The monoisotopic (exact) mass is 374 g/mol. The van der Waals surface area contributed by atoms with Crippen LogP contribution in [0, 0.1) is 0 Å². The van der Waals surface area contributed by atoms with E-state index in [2.05, 4.69) is 28.1 Å². The quantitative estimate of drug-likeness (QED) is 0.554. The van der Waals surface area contributed by atoms with Crippen LogP contribution in [0.15, 0.2) is 73.1 Å². The fraction of sp³-hybridized carbons (Fsp3) is 0.250. The van der Waals surface area contributed by atoms with Crippen LogP contribution in [0.25, 0.3) is 0 Å². The number of aryl methyl sites for hydroxylation is 1. The summed E-state index contributed by atoms with van der Waals surface area (Å²) in [6.07, 6.45) is 5.28. The zero-order valence-corrected chi connectivity index (χ0v) is 16.5. The molecule has 0 fully saturated rings. The van der Waals surface area contributed by atoms with Crippen molar-refractivity contribution in [2.75, 3.05) is 19.0 Å². The number of Topliss-reactive ketones (excluding diaryl/α,β-unsaturated/α-hetero) is 1. The number of benzene rings is 2. The first-order chi connectivity index (χ1) is 13.6. The highest BCUT2D eigenvalue weighted by molar-refractivity contribution is 5.81. The molecule has 0 unspecified atom stereocenters. The Labute approximate surface area is 166 Å². The molecule has 0 spiro atoms. The number of ether oxygens (including phenoxy) is 1. The molecule has 0 saturated heterocycles. The molecule has 2 aromatic carbocycles. The molecule has 3 aromatic rings. The second kappa shape index (κ2) is 9.70. The van der Waals surface area contributed by atoms with Gasteiger partial charge in [-0.15, -0.1) is 0 Å². The third-order valence-corrected chi connectivity index (χ3v) is 4.57. The molecule has 4 nitrogen and oxygen atoms in total. The lowest BCUT2D eigenvalue weighted by molar-refractivity contribution is -0.118. The Kier molecular flexibility index (Phi) is 6.79. The fourth-order valence-corrected chi connectivity index (χ4v) is 2.94. The van der Waals surface area contributed by atoms with Gasteiger partial charge in [-0.3, -0.25) is 9.78 Å². The Morgan fingerprint density at radius 3 is 2.46 bits per heavy atom. The number of hydrogen-bond donors (Lipinski definition) is 0. The number of rotatable bonds is 9. The molecule has 3 rings (SSSR count). The van der Waals surface area contributed by atoms with E-state index in [0.29, 0.717) is 19.4 Å². The third-order valence-electron chi connectivity index (χ3n) is 4.57. The third kappa shape index (κ3) is 5.95. The minimum Gasteiger partial charge on any atom is -0.489 e. The van der Waals surface area contributed by atoms with E-state index >= 15 is 0 Å². The minimum atomic E-state index is 0.234. The van der Waals surface area contributed by atoms with Crippen LogP contribution >= 0.6 is 0 Å². The SMILES string of the molecule is CN(C)c1cccc(COc2ccc(CC(=O)CCc3cccnc3)cc2)c1. The second-order valence-electron chi connectivity index (χ2n) is 7.07. The predicted octanol–water partition coefficient (Wildman–Crippen LogP) is 4.47. The highest BCUT2D eigenvalue weighted by atomic mass is 16.5. The molecule has 0 atom stereocenters. The van der Waals surface area contributed by atoms with Gasteiger partial charge in [0.15, 0.2) is 0 Å².